The molecule has 8 nitrogen and oxygen atoms in total. The van der Waals surface area contributed by atoms with Crippen molar-refractivity contribution < 1.29 is 24.2 Å². The van der Waals surface area contributed by atoms with Crippen molar-refractivity contribution in [3.05, 3.63) is 95.6 Å². The summed E-state index contributed by atoms with van der Waals surface area (Å²) < 4.78 is 11.1. The van der Waals surface area contributed by atoms with Crippen molar-refractivity contribution in [2.45, 2.75) is 37.3 Å². The van der Waals surface area contributed by atoms with Crippen LogP contribution in [0.3, 0.4) is 0 Å². The number of carboxylic acid groups (broad SMARTS) is 1. The third-order valence-electron chi connectivity index (χ3n) is 7.98. The van der Waals surface area contributed by atoms with Crippen molar-refractivity contribution in [3.63, 3.8) is 0 Å². The van der Waals surface area contributed by atoms with Gasteiger partial charge >= 0.3 is 12.0 Å². The third-order valence-corrected chi connectivity index (χ3v) is 7.98. The number of ether oxygens (including phenoxy) is 2. The summed E-state index contributed by atoms with van der Waals surface area (Å²) in [5.41, 5.74) is 3.80. The predicted octanol–water partition coefficient (Wildman–Crippen LogP) is 5.05. The Bertz CT molecular complexity index is 1400. The summed E-state index contributed by atoms with van der Waals surface area (Å²) in [4.78, 5) is 28.7. The highest BCUT2D eigenvalue weighted by Gasteiger charge is 2.50. The maximum atomic E-state index is 13.4. The molecule has 1 unspecified atom stereocenters. The molecule has 2 amide bonds. The van der Waals surface area contributed by atoms with Crippen LogP contribution in [-0.4, -0.2) is 78.9 Å². The van der Waals surface area contributed by atoms with Crippen molar-refractivity contribution in [1.29, 1.82) is 0 Å². The smallest absolute Gasteiger partial charge is 0.321 e. The fraction of sp³-hybridized carbons (Fsp3) is 0.353. The molecule has 0 radical (unpaired) electrons. The number of nitrogens with zero attached hydrogens (tertiary/aromatic N) is 2. The van der Waals surface area contributed by atoms with Gasteiger partial charge in [0.2, 0.25) is 0 Å². The summed E-state index contributed by atoms with van der Waals surface area (Å²) in [6.45, 7) is 2.83. The van der Waals surface area contributed by atoms with E-state index in [-0.39, 0.29) is 37.1 Å². The number of carbonyl (C=O) groups is 2. The molecule has 2 heterocycles. The van der Waals surface area contributed by atoms with Crippen molar-refractivity contribution in [1.82, 2.24) is 9.80 Å². The second-order valence-corrected chi connectivity index (χ2v) is 10.7. The van der Waals surface area contributed by atoms with Crippen LogP contribution in [0.25, 0.3) is 0 Å². The second-order valence-electron chi connectivity index (χ2n) is 10.7. The normalized spacial score (nSPS) is 20.1. The van der Waals surface area contributed by atoms with E-state index in [1.54, 1.807) is 7.11 Å². The first kappa shape index (κ1) is 29.2. The predicted molar refractivity (Wildman–Crippen MR) is 162 cm³/mol. The summed E-state index contributed by atoms with van der Waals surface area (Å²) in [5.74, 6) is 6.46. The Kier molecular flexibility index (Phi) is 9.75. The molecule has 2 aliphatic heterocycles. The quantitative estimate of drug-likeness (QED) is 0.293. The van der Waals surface area contributed by atoms with Gasteiger partial charge in [-0.05, 0) is 73.5 Å². The zero-order valence-corrected chi connectivity index (χ0v) is 23.9. The molecule has 2 fully saturated rings. The van der Waals surface area contributed by atoms with E-state index in [4.69, 9.17) is 14.6 Å². The first-order valence-electron chi connectivity index (χ1n) is 14.4. The number of fused-ring (bicyclic) bond motifs is 1. The minimum Gasteiger partial charge on any atom is -0.497 e. The van der Waals surface area contributed by atoms with Crippen LogP contribution in [0.2, 0.25) is 0 Å². The monoisotopic (exact) mass is 567 g/mol. The average molecular weight is 568 g/mol. The van der Waals surface area contributed by atoms with E-state index in [2.05, 4.69) is 34.2 Å². The molecule has 218 valence electrons. The molecule has 0 aliphatic carbocycles. The van der Waals surface area contributed by atoms with Gasteiger partial charge in [0.1, 0.15) is 5.75 Å². The van der Waals surface area contributed by atoms with Crippen LogP contribution in [0.5, 0.6) is 5.75 Å². The number of carbonyl (C=O) groups excluding carboxylic acids is 1. The van der Waals surface area contributed by atoms with Crippen LogP contribution in [0.1, 0.15) is 41.9 Å². The van der Waals surface area contributed by atoms with Crippen molar-refractivity contribution in [3.8, 4) is 17.6 Å². The molecule has 3 atom stereocenters. The number of hydrogen-bond acceptors (Lipinski definition) is 5. The van der Waals surface area contributed by atoms with Gasteiger partial charge in [-0.15, -0.1) is 0 Å². The van der Waals surface area contributed by atoms with Crippen molar-refractivity contribution >= 4 is 17.7 Å². The standard InChI is InChI=1S/C34H37N3O5/c1-41-29-17-15-28(16-18-29)35-34(40)36-20-5-6-21-37-30(23-36)33(31(37)24-42-22-19-32(38)39)27-13-11-26(12-14-27)10-9-25-7-3-2-4-8-25/h2-4,7-8,11-18,30-31,33H,5-6,19-24H2,1H3,(H,35,40)(H,38,39)/t30?,31-,33+/m0/s1. The lowest BCUT2D eigenvalue weighted by Gasteiger charge is -2.57. The van der Waals surface area contributed by atoms with Crippen LogP contribution in [-0.2, 0) is 9.53 Å². The zero-order valence-electron chi connectivity index (χ0n) is 23.9. The van der Waals surface area contributed by atoms with Gasteiger partial charge in [0.15, 0.2) is 0 Å². The Morgan fingerprint density at radius 3 is 2.31 bits per heavy atom. The summed E-state index contributed by atoms with van der Waals surface area (Å²) in [6, 6.07) is 25.7. The fourth-order valence-corrected chi connectivity index (χ4v) is 5.80. The van der Waals surface area contributed by atoms with Gasteiger partial charge < -0.3 is 24.8 Å². The molecule has 3 aromatic carbocycles. The van der Waals surface area contributed by atoms with E-state index < -0.39 is 5.97 Å². The maximum Gasteiger partial charge on any atom is 0.321 e. The molecule has 0 bridgehead atoms. The first-order chi connectivity index (χ1) is 20.5. The number of hydrogen-bond donors (Lipinski definition) is 2. The van der Waals surface area contributed by atoms with Crippen LogP contribution in [0.4, 0.5) is 10.5 Å². The third kappa shape index (κ3) is 7.30. The Labute approximate surface area is 247 Å². The number of aliphatic carboxylic acids is 1. The van der Waals surface area contributed by atoms with E-state index >= 15 is 0 Å². The van der Waals surface area contributed by atoms with E-state index in [1.807, 2.05) is 71.6 Å². The molecular weight excluding hydrogens is 530 g/mol. The molecule has 5 rings (SSSR count). The SMILES string of the molecule is COc1ccc(NC(=O)N2CCCCN3C(C2)[C@@H](c2ccc(C#Cc4ccccc4)cc2)[C@@H]3COCCC(=O)O)cc1. The Morgan fingerprint density at radius 1 is 0.929 bits per heavy atom. The molecule has 2 aliphatic rings. The highest BCUT2D eigenvalue weighted by Crippen LogP contribution is 2.42. The minimum atomic E-state index is -0.866. The molecule has 2 N–H and O–H groups in total. The summed E-state index contributed by atoms with van der Waals surface area (Å²) in [7, 11) is 1.62. The van der Waals surface area contributed by atoms with E-state index in [1.165, 1.54) is 5.56 Å². The van der Waals surface area contributed by atoms with Crippen molar-refractivity contribution in [2.75, 3.05) is 45.3 Å². The van der Waals surface area contributed by atoms with Crippen LogP contribution in [0.15, 0.2) is 78.9 Å². The van der Waals surface area contributed by atoms with Crippen LogP contribution < -0.4 is 10.1 Å². The van der Waals surface area contributed by atoms with E-state index in [9.17, 15) is 9.59 Å². The van der Waals surface area contributed by atoms with E-state index in [0.717, 1.165) is 42.0 Å². The number of urea groups is 1. The second kappa shape index (κ2) is 14.0. The molecular formula is C34H37N3O5. The van der Waals surface area contributed by atoms with Gasteiger partial charge in [-0.1, -0.05) is 42.2 Å². The number of benzene rings is 3. The minimum absolute atomic E-state index is 0.0189. The Morgan fingerprint density at radius 2 is 1.62 bits per heavy atom. The summed E-state index contributed by atoms with van der Waals surface area (Å²) in [6.07, 6.45) is 1.86. The van der Waals surface area contributed by atoms with Gasteiger partial charge in [-0.2, -0.15) is 0 Å². The number of amides is 2. The van der Waals surface area contributed by atoms with Crippen LogP contribution in [0, 0.1) is 11.8 Å². The van der Waals surface area contributed by atoms with Gasteiger partial charge in [0, 0.05) is 47.9 Å². The van der Waals surface area contributed by atoms with E-state index in [0.29, 0.717) is 19.7 Å². The highest BCUT2D eigenvalue weighted by atomic mass is 16.5. The van der Waals surface area contributed by atoms with Crippen molar-refractivity contribution in [2.24, 2.45) is 0 Å². The fourth-order valence-electron chi connectivity index (χ4n) is 5.80. The lowest BCUT2D eigenvalue weighted by Crippen LogP contribution is -2.68. The number of rotatable bonds is 8. The van der Waals surface area contributed by atoms with Gasteiger partial charge in [-0.25, -0.2) is 4.79 Å². The molecule has 0 aromatic heterocycles. The highest BCUT2D eigenvalue weighted by molar-refractivity contribution is 5.89. The molecule has 42 heavy (non-hydrogen) atoms. The number of carboxylic acids is 1. The molecule has 0 saturated carbocycles. The Balaban J connectivity index is 1.32. The average Bonchev–Trinajstić information content (AvgIpc) is 2.99. The number of anilines is 1. The lowest BCUT2D eigenvalue weighted by atomic mass is 9.74. The lowest BCUT2D eigenvalue weighted by molar-refractivity contribution is -0.139. The van der Waals surface area contributed by atoms with Crippen LogP contribution >= 0.6 is 0 Å². The topological polar surface area (TPSA) is 91.3 Å². The van der Waals surface area contributed by atoms with Gasteiger partial charge in [0.05, 0.1) is 26.7 Å². The molecule has 0 spiro atoms. The maximum absolute atomic E-state index is 13.4. The molecule has 8 heteroatoms. The summed E-state index contributed by atoms with van der Waals surface area (Å²) in [5, 5.41) is 12.1. The van der Waals surface area contributed by atoms with Gasteiger partial charge in [-0.3, -0.25) is 9.69 Å². The molecule has 2 saturated heterocycles. The largest absolute Gasteiger partial charge is 0.497 e. The van der Waals surface area contributed by atoms with Gasteiger partial charge in [0.25, 0.3) is 0 Å². The zero-order chi connectivity index (χ0) is 29.3. The first-order valence-corrected chi connectivity index (χ1v) is 14.4. The number of methoxy groups -OCH3 is 1. The molecule has 3 aromatic rings. The number of nitrogens with one attached hydrogen (secondary N) is 1. The Hall–Kier alpha value is -4.32. The summed E-state index contributed by atoms with van der Waals surface area (Å²) >= 11 is 0.